The lowest BCUT2D eigenvalue weighted by Gasteiger charge is -2.22. The number of hydrogen-bond donors (Lipinski definition) is 1. The predicted molar refractivity (Wildman–Crippen MR) is 114 cm³/mol. The van der Waals surface area contributed by atoms with Crippen LogP contribution >= 0.6 is 11.3 Å². The van der Waals surface area contributed by atoms with Gasteiger partial charge in [-0.2, -0.15) is 4.98 Å². The third-order valence-corrected chi connectivity index (χ3v) is 5.71. The second-order valence-electron chi connectivity index (χ2n) is 8.08. The number of carbonyl (C=O) groups excluding carboxylic acids is 1. The summed E-state index contributed by atoms with van der Waals surface area (Å²) in [6.45, 7) is 10.2. The molecule has 0 saturated carbocycles. The minimum absolute atomic E-state index is 0.194. The van der Waals surface area contributed by atoms with Crippen molar-refractivity contribution in [3.8, 4) is 10.6 Å². The van der Waals surface area contributed by atoms with E-state index < -0.39 is 5.54 Å². The van der Waals surface area contributed by atoms with Crippen LogP contribution in [0.1, 0.15) is 52.1 Å². The zero-order valence-corrected chi connectivity index (χ0v) is 18.8. The zero-order valence-electron chi connectivity index (χ0n) is 18.0. The molecule has 0 aliphatic rings. The van der Waals surface area contributed by atoms with Gasteiger partial charge in [0.05, 0.1) is 17.8 Å². The van der Waals surface area contributed by atoms with Gasteiger partial charge in [-0.1, -0.05) is 28.9 Å². The van der Waals surface area contributed by atoms with Gasteiger partial charge < -0.3 is 14.7 Å². The van der Waals surface area contributed by atoms with Gasteiger partial charge in [-0.05, 0) is 54.3 Å². The first-order chi connectivity index (χ1) is 13.6. The molecule has 29 heavy (non-hydrogen) atoms. The first kappa shape index (κ1) is 21.1. The van der Waals surface area contributed by atoms with Crippen LogP contribution < -0.4 is 5.32 Å². The van der Waals surface area contributed by atoms with Crippen molar-refractivity contribution in [2.24, 2.45) is 0 Å². The Morgan fingerprint density at radius 3 is 2.59 bits per heavy atom. The van der Waals surface area contributed by atoms with Crippen molar-refractivity contribution in [2.45, 2.75) is 46.7 Å². The van der Waals surface area contributed by atoms with Gasteiger partial charge in [0.25, 0.3) is 5.91 Å². The molecule has 0 saturated heterocycles. The summed E-state index contributed by atoms with van der Waals surface area (Å²) < 4.78 is 5.29. The molecule has 0 aliphatic heterocycles. The Morgan fingerprint density at radius 1 is 1.21 bits per heavy atom. The van der Waals surface area contributed by atoms with E-state index in [1.54, 1.807) is 0 Å². The molecule has 7 nitrogen and oxygen atoms in total. The molecule has 8 heteroatoms. The molecule has 0 spiro atoms. The summed E-state index contributed by atoms with van der Waals surface area (Å²) in [4.78, 5) is 24.6. The molecule has 2 heterocycles. The number of rotatable bonds is 6. The van der Waals surface area contributed by atoms with Crippen LogP contribution in [0, 0.1) is 20.8 Å². The SMILES string of the molecule is Cc1ccc(-c2nc(C)c(C(=O)NC(C)(C)c3noc(CN(C)C)n3)s2)c(C)c1. The number of nitrogens with zero attached hydrogens (tertiary/aromatic N) is 4. The highest BCUT2D eigenvalue weighted by Gasteiger charge is 2.30. The lowest BCUT2D eigenvalue weighted by molar-refractivity contribution is 0.0911. The first-order valence-corrected chi connectivity index (χ1v) is 10.2. The van der Waals surface area contributed by atoms with Gasteiger partial charge in [0.2, 0.25) is 5.89 Å². The van der Waals surface area contributed by atoms with Crippen LogP contribution in [0.2, 0.25) is 0 Å². The van der Waals surface area contributed by atoms with Crippen LogP contribution in [0.15, 0.2) is 22.7 Å². The van der Waals surface area contributed by atoms with Crippen molar-refractivity contribution in [3.63, 3.8) is 0 Å². The van der Waals surface area contributed by atoms with Crippen LogP contribution in [0.5, 0.6) is 0 Å². The fourth-order valence-corrected chi connectivity index (χ4v) is 4.07. The van der Waals surface area contributed by atoms with Gasteiger partial charge in [0.1, 0.15) is 9.88 Å². The minimum atomic E-state index is -0.776. The number of aromatic nitrogens is 3. The summed E-state index contributed by atoms with van der Waals surface area (Å²) >= 11 is 1.40. The van der Waals surface area contributed by atoms with Gasteiger partial charge in [0.15, 0.2) is 5.82 Å². The summed E-state index contributed by atoms with van der Waals surface area (Å²) in [5.74, 6) is 0.762. The number of benzene rings is 1. The van der Waals surface area contributed by atoms with Crippen molar-refractivity contribution >= 4 is 17.2 Å². The fraction of sp³-hybridized carbons (Fsp3) is 0.429. The van der Waals surface area contributed by atoms with Gasteiger partial charge in [0, 0.05) is 5.56 Å². The Labute approximate surface area is 175 Å². The number of carbonyl (C=O) groups is 1. The predicted octanol–water partition coefficient (Wildman–Crippen LogP) is 3.85. The Bertz CT molecular complexity index is 1040. The maximum Gasteiger partial charge on any atom is 0.264 e. The van der Waals surface area contributed by atoms with E-state index in [4.69, 9.17) is 4.52 Å². The summed E-state index contributed by atoms with van der Waals surface area (Å²) in [5.41, 5.74) is 3.33. The number of aryl methyl sites for hydroxylation is 3. The molecule has 3 rings (SSSR count). The highest BCUT2D eigenvalue weighted by atomic mass is 32.1. The van der Waals surface area contributed by atoms with Gasteiger partial charge >= 0.3 is 0 Å². The highest BCUT2D eigenvalue weighted by Crippen LogP contribution is 2.31. The van der Waals surface area contributed by atoms with Crippen LogP contribution in [-0.2, 0) is 12.1 Å². The lowest BCUT2D eigenvalue weighted by atomic mass is 10.0. The zero-order chi connectivity index (χ0) is 21.3. The molecule has 1 N–H and O–H groups in total. The van der Waals surface area contributed by atoms with Gasteiger partial charge in [-0.15, -0.1) is 11.3 Å². The molecule has 0 aliphatic carbocycles. The Morgan fingerprint density at radius 2 is 1.93 bits per heavy atom. The van der Waals surface area contributed by atoms with Crippen molar-refractivity contribution in [1.82, 2.24) is 25.3 Å². The Hall–Kier alpha value is -2.58. The maximum absolute atomic E-state index is 13.0. The van der Waals surface area contributed by atoms with E-state index in [9.17, 15) is 4.79 Å². The van der Waals surface area contributed by atoms with E-state index >= 15 is 0 Å². The van der Waals surface area contributed by atoms with E-state index in [1.165, 1.54) is 16.9 Å². The number of amides is 1. The van der Waals surface area contributed by atoms with E-state index in [0.717, 1.165) is 16.1 Å². The van der Waals surface area contributed by atoms with E-state index in [1.807, 2.05) is 39.8 Å². The normalized spacial score (nSPS) is 11.9. The molecular formula is C21H27N5O2S. The van der Waals surface area contributed by atoms with Gasteiger partial charge in [-0.25, -0.2) is 4.98 Å². The second kappa shape index (κ2) is 8.04. The molecule has 154 valence electrons. The van der Waals surface area contributed by atoms with Crippen molar-refractivity contribution in [3.05, 3.63) is 51.6 Å². The summed E-state index contributed by atoms with van der Waals surface area (Å²) in [7, 11) is 3.85. The number of thiazole rings is 1. The molecule has 0 bridgehead atoms. The van der Waals surface area contributed by atoms with Crippen LogP contribution in [0.3, 0.4) is 0 Å². The average molecular weight is 414 g/mol. The summed E-state index contributed by atoms with van der Waals surface area (Å²) in [6.07, 6.45) is 0. The topological polar surface area (TPSA) is 84.2 Å². The molecule has 1 amide bonds. The molecule has 0 fully saturated rings. The van der Waals surface area contributed by atoms with E-state index in [0.29, 0.717) is 28.8 Å². The van der Waals surface area contributed by atoms with Crippen molar-refractivity contribution < 1.29 is 9.32 Å². The Balaban J connectivity index is 1.81. The van der Waals surface area contributed by atoms with Crippen LogP contribution in [0.25, 0.3) is 10.6 Å². The third-order valence-electron chi connectivity index (χ3n) is 4.52. The van der Waals surface area contributed by atoms with E-state index in [-0.39, 0.29) is 5.91 Å². The Kier molecular flexibility index (Phi) is 5.86. The van der Waals surface area contributed by atoms with Crippen molar-refractivity contribution in [2.75, 3.05) is 14.1 Å². The standard InChI is InChI=1S/C21H27N5O2S/c1-12-8-9-15(13(2)10-12)19-22-14(3)17(29-19)18(27)24-21(4,5)20-23-16(28-25-20)11-26(6)7/h8-10H,11H2,1-7H3,(H,24,27). The maximum atomic E-state index is 13.0. The summed E-state index contributed by atoms with van der Waals surface area (Å²) in [5, 5.41) is 7.90. The monoisotopic (exact) mass is 413 g/mol. The third kappa shape index (κ3) is 4.71. The molecule has 1 aromatic carbocycles. The fourth-order valence-electron chi connectivity index (χ4n) is 3.02. The minimum Gasteiger partial charge on any atom is -0.339 e. The number of nitrogens with one attached hydrogen (secondary N) is 1. The average Bonchev–Trinajstić information content (AvgIpc) is 3.21. The van der Waals surface area contributed by atoms with Crippen LogP contribution in [-0.4, -0.2) is 40.0 Å². The molecule has 3 aromatic rings. The molecule has 2 aromatic heterocycles. The summed E-state index contributed by atoms with van der Waals surface area (Å²) in [6, 6.07) is 6.24. The lowest BCUT2D eigenvalue weighted by Crippen LogP contribution is -2.41. The van der Waals surface area contributed by atoms with Crippen molar-refractivity contribution in [1.29, 1.82) is 0 Å². The first-order valence-electron chi connectivity index (χ1n) is 9.42. The molecular weight excluding hydrogens is 386 g/mol. The largest absolute Gasteiger partial charge is 0.339 e. The second-order valence-corrected chi connectivity index (χ2v) is 9.08. The van der Waals surface area contributed by atoms with Crippen LogP contribution in [0.4, 0.5) is 0 Å². The highest BCUT2D eigenvalue weighted by molar-refractivity contribution is 7.17. The van der Waals surface area contributed by atoms with Gasteiger partial charge in [-0.3, -0.25) is 4.79 Å². The number of hydrogen-bond acceptors (Lipinski definition) is 7. The quantitative estimate of drug-likeness (QED) is 0.661. The van der Waals surface area contributed by atoms with E-state index in [2.05, 4.69) is 52.5 Å². The molecule has 0 unspecified atom stereocenters. The molecule has 0 atom stereocenters. The smallest absolute Gasteiger partial charge is 0.264 e. The molecule has 0 radical (unpaired) electrons.